The smallest absolute Gasteiger partial charge is 0.246 e. The van der Waals surface area contributed by atoms with E-state index in [-0.39, 0.29) is 35.1 Å². The molecule has 1 aromatic carbocycles. The lowest BCUT2D eigenvalue weighted by atomic mass is 9.70. The number of ether oxygens (including phenoxy) is 1. The van der Waals surface area contributed by atoms with Crippen LogP contribution in [0.2, 0.25) is 0 Å². The lowest BCUT2D eigenvalue weighted by Gasteiger charge is -2.40. The molecule has 0 aromatic heterocycles. The minimum atomic E-state index is -1.14. The number of hydrogen-bond donors (Lipinski definition) is 3. The molecule has 0 saturated carbocycles. The molecular formula is C27H38BrN3O5. The molecule has 3 aliphatic heterocycles. The van der Waals surface area contributed by atoms with E-state index in [1.807, 2.05) is 65.0 Å². The van der Waals surface area contributed by atoms with Crippen LogP contribution in [-0.4, -0.2) is 68.5 Å². The van der Waals surface area contributed by atoms with E-state index in [2.05, 4.69) is 26.6 Å². The van der Waals surface area contributed by atoms with Gasteiger partial charge in [-0.3, -0.25) is 14.4 Å². The van der Waals surface area contributed by atoms with E-state index in [4.69, 9.17) is 4.74 Å². The Bertz CT molecular complexity index is 999. The monoisotopic (exact) mass is 563 g/mol. The van der Waals surface area contributed by atoms with Crippen molar-refractivity contribution in [2.24, 2.45) is 17.8 Å². The maximum atomic E-state index is 14.1. The molecule has 198 valence electrons. The van der Waals surface area contributed by atoms with Crippen LogP contribution in [0, 0.1) is 17.8 Å². The Balaban J connectivity index is 1.71. The molecule has 8 atom stereocenters. The van der Waals surface area contributed by atoms with Crippen LogP contribution in [0.25, 0.3) is 0 Å². The first-order valence-electron chi connectivity index (χ1n) is 12.8. The fourth-order valence-electron chi connectivity index (χ4n) is 6.18. The van der Waals surface area contributed by atoms with Crippen molar-refractivity contribution < 1.29 is 24.2 Å². The number of alkyl halides is 1. The fraction of sp³-hybridized carbons (Fsp3) is 0.667. The van der Waals surface area contributed by atoms with E-state index in [0.29, 0.717) is 13.0 Å². The van der Waals surface area contributed by atoms with Gasteiger partial charge in [-0.15, -0.1) is 0 Å². The molecule has 9 heteroatoms. The Morgan fingerprint density at radius 3 is 2.50 bits per heavy atom. The van der Waals surface area contributed by atoms with Gasteiger partial charge in [0, 0.05) is 16.9 Å². The number of aliphatic hydroxyl groups is 1. The fourth-order valence-corrected chi connectivity index (χ4v) is 7.12. The van der Waals surface area contributed by atoms with Crippen molar-refractivity contribution in [3.63, 3.8) is 0 Å². The van der Waals surface area contributed by atoms with Crippen molar-refractivity contribution in [2.75, 3.05) is 6.61 Å². The molecule has 3 saturated heterocycles. The number of rotatable bonds is 8. The normalized spacial score (nSPS) is 32.8. The summed E-state index contributed by atoms with van der Waals surface area (Å²) in [5, 5.41) is 16.4. The third-order valence-electron chi connectivity index (χ3n) is 7.93. The number of amides is 3. The van der Waals surface area contributed by atoms with Gasteiger partial charge in [-0.25, -0.2) is 0 Å². The first-order valence-corrected chi connectivity index (χ1v) is 13.7. The third kappa shape index (κ3) is 4.58. The Morgan fingerprint density at radius 1 is 1.25 bits per heavy atom. The first-order chi connectivity index (χ1) is 16.9. The Hall–Kier alpha value is -1.97. The van der Waals surface area contributed by atoms with E-state index in [9.17, 15) is 19.5 Å². The number of fused-ring (bicyclic) bond motifs is 1. The lowest BCUT2D eigenvalue weighted by Crippen LogP contribution is -2.61. The largest absolute Gasteiger partial charge is 0.394 e. The van der Waals surface area contributed by atoms with Crippen LogP contribution >= 0.6 is 15.9 Å². The molecular weight excluding hydrogens is 526 g/mol. The van der Waals surface area contributed by atoms with Crippen LogP contribution < -0.4 is 10.6 Å². The SMILES string of the molecule is CC[C@H](C)[C@H](CO)N1C(=O)[C@@H]2[C@@H](C(=O)NCc3ccccc3)[C@@H]3OC2(CC3Br)C1C(=O)NC(C)(C)C. The summed E-state index contributed by atoms with van der Waals surface area (Å²) in [6.07, 6.45) is 0.651. The highest BCUT2D eigenvalue weighted by atomic mass is 79.9. The summed E-state index contributed by atoms with van der Waals surface area (Å²) in [7, 11) is 0. The van der Waals surface area contributed by atoms with Crippen molar-refractivity contribution in [2.45, 2.75) is 88.2 Å². The molecule has 3 amide bonds. The second kappa shape index (κ2) is 10.1. The maximum absolute atomic E-state index is 14.1. The number of benzene rings is 1. The number of hydrogen-bond acceptors (Lipinski definition) is 5. The van der Waals surface area contributed by atoms with Gasteiger partial charge < -0.3 is 25.4 Å². The zero-order valence-electron chi connectivity index (χ0n) is 21.7. The predicted octanol–water partition coefficient (Wildman–Crippen LogP) is 2.37. The van der Waals surface area contributed by atoms with Crippen molar-refractivity contribution in [1.82, 2.24) is 15.5 Å². The van der Waals surface area contributed by atoms with Gasteiger partial charge >= 0.3 is 0 Å². The molecule has 1 aromatic rings. The molecule has 0 aliphatic carbocycles. The summed E-state index contributed by atoms with van der Waals surface area (Å²) in [6, 6.07) is 8.11. The van der Waals surface area contributed by atoms with Crippen molar-refractivity contribution in [1.29, 1.82) is 0 Å². The number of carbonyl (C=O) groups is 3. The Labute approximate surface area is 221 Å². The number of aliphatic hydroxyl groups excluding tert-OH is 1. The number of nitrogens with one attached hydrogen (secondary N) is 2. The summed E-state index contributed by atoms with van der Waals surface area (Å²) in [5.74, 6) is -2.42. The number of likely N-dealkylation sites (tertiary alicyclic amines) is 1. The van der Waals surface area contributed by atoms with Gasteiger partial charge in [0.25, 0.3) is 0 Å². The number of halogens is 1. The van der Waals surface area contributed by atoms with Crippen molar-refractivity contribution in [3.05, 3.63) is 35.9 Å². The van der Waals surface area contributed by atoms with E-state index < -0.39 is 41.2 Å². The van der Waals surface area contributed by atoms with Crippen LogP contribution in [0.4, 0.5) is 0 Å². The molecule has 36 heavy (non-hydrogen) atoms. The molecule has 3 aliphatic rings. The Kier molecular flexibility index (Phi) is 7.57. The quantitative estimate of drug-likeness (QED) is 0.421. The zero-order chi connectivity index (χ0) is 26.4. The number of carbonyl (C=O) groups excluding carboxylic acids is 3. The van der Waals surface area contributed by atoms with Gasteiger partial charge in [-0.05, 0) is 38.7 Å². The maximum Gasteiger partial charge on any atom is 0.246 e. The molecule has 3 N–H and O–H groups in total. The third-order valence-corrected chi connectivity index (χ3v) is 8.78. The first kappa shape index (κ1) is 27.1. The van der Waals surface area contributed by atoms with Crippen molar-refractivity contribution >= 4 is 33.7 Å². The average Bonchev–Trinajstić information content (AvgIpc) is 3.41. The van der Waals surface area contributed by atoms with Gasteiger partial charge in [-0.2, -0.15) is 0 Å². The van der Waals surface area contributed by atoms with Crippen LogP contribution in [0.5, 0.6) is 0 Å². The molecule has 2 bridgehead atoms. The minimum absolute atomic E-state index is 0.0403. The van der Waals surface area contributed by atoms with Gasteiger partial charge in [0.2, 0.25) is 17.7 Å². The second-order valence-electron chi connectivity index (χ2n) is 11.5. The molecule has 3 fully saturated rings. The molecule has 1 spiro atoms. The van der Waals surface area contributed by atoms with Gasteiger partial charge in [-0.1, -0.05) is 66.5 Å². The summed E-state index contributed by atoms with van der Waals surface area (Å²) < 4.78 is 6.53. The van der Waals surface area contributed by atoms with Crippen LogP contribution in [-0.2, 0) is 25.7 Å². The highest BCUT2D eigenvalue weighted by molar-refractivity contribution is 9.09. The van der Waals surface area contributed by atoms with E-state index in [0.717, 1.165) is 12.0 Å². The van der Waals surface area contributed by atoms with Crippen molar-refractivity contribution in [3.8, 4) is 0 Å². The molecule has 8 nitrogen and oxygen atoms in total. The van der Waals surface area contributed by atoms with Gasteiger partial charge in [0.1, 0.15) is 11.6 Å². The molecule has 0 radical (unpaired) electrons. The topological polar surface area (TPSA) is 108 Å². The lowest BCUT2D eigenvalue weighted by molar-refractivity contribution is -0.147. The highest BCUT2D eigenvalue weighted by Gasteiger charge is 2.77. The summed E-state index contributed by atoms with van der Waals surface area (Å²) in [6.45, 7) is 9.70. The summed E-state index contributed by atoms with van der Waals surface area (Å²) >= 11 is 3.69. The molecule has 3 unspecified atom stereocenters. The van der Waals surface area contributed by atoms with Crippen LogP contribution in [0.3, 0.4) is 0 Å². The van der Waals surface area contributed by atoms with E-state index in [1.165, 1.54) is 0 Å². The van der Waals surface area contributed by atoms with Gasteiger partial charge in [0.15, 0.2) is 0 Å². The minimum Gasteiger partial charge on any atom is -0.394 e. The van der Waals surface area contributed by atoms with Gasteiger partial charge in [0.05, 0.1) is 30.6 Å². The molecule has 3 heterocycles. The van der Waals surface area contributed by atoms with E-state index in [1.54, 1.807) is 4.90 Å². The second-order valence-corrected chi connectivity index (χ2v) is 12.7. The molecule has 4 rings (SSSR count). The highest BCUT2D eigenvalue weighted by Crippen LogP contribution is 2.60. The average molecular weight is 565 g/mol. The summed E-state index contributed by atoms with van der Waals surface area (Å²) in [5.41, 5.74) is -0.706. The summed E-state index contributed by atoms with van der Waals surface area (Å²) in [4.78, 5) is 42.8. The number of nitrogens with zero attached hydrogens (tertiary/aromatic N) is 1. The zero-order valence-corrected chi connectivity index (χ0v) is 23.2. The van der Waals surface area contributed by atoms with E-state index >= 15 is 0 Å². The van der Waals surface area contributed by atoms with Crippen LogP contribution in [0.1, 0.15) is 53.0 Å². The standard InChI is InChI=1S/C27H38BrN3O5/c1-6-15(2)18(14-32)31-22(24(34)30-26(3,4)5)27-12-17(28)21(36-27)19(20(27)25(31)35)23(33)29-13-16-10-8-7-9-11-16/h7-11,15,17-22,32H,6,12-14H2,1-5H3,(H,29,33)(H,30,34)/t15-,17?,18-,19+,20-,21+,22?,27?/m0/s1. The van der Waals surface area contributed by atoms with Crippen LogP contribution in [0.15, 0.2) is 30.3 Å². The predicted molar refractivity (Wildman–Crippen MR) is 139 cm³/mol. The Morgan fingerprint density at radius 2 is 1.92 bits per heavy atom.